The lowest BCUT2D eigenvalue weighted by molar-refractivity contribution is -0.122. The van der Waals surface area contributed by atoms with Gasteiger partial charge in [0, 0.05) is 30.9 Å². The number of aryl methyl sites for hydroxylation is 2. The largest absolute Gasteiger partial charge is 0.353 e. The minimum absolute atomic E-state index is 0.0108. The zero-order chi connectivity index (χ0) is 24.4. The molecule has 0 fully saturated rings. The number of carbonyl (C=O) groups excluding carboxylic acids is 1. The van der Waals surface area contributed by atoms with Crippen molar-refractivity contribution in [2.24, 2.45) is 0 Å². The van der Waals surface area contributed by atoms with Gasteiger partial charge in [-0.05, 0) is 49.8 Å². The molecule has 2 aromatic carbocycles. The van der Waals surface area contributed by atoms with Gasteiger partial charge in [-0.2, -0.15) is 0 Å². The summed E-state index contributed by atoms with van der Waals surface area (Å²) in [6, 6.07) is 20.3. The molecule has 1 atom stereocenters. The Bertz CT molecular complexity index is 1410. The molecule has 4 aromatic rings. The van der Waals surface area contributed by atoms with E-state index in [0.29, 0.717) is 18.1 Å². The second-order valence-electron chi connectivity index (χ2n) is 9.26. The topological polar surface area (TPSA) is 84.5 Å². The summed E-state index contributed by atoms with van der Waals surface area (Å²) in [5.41, 5.74) is 4.73. The fraction of sp³-hybridized carbons (Fsp3) is 0.333. The van der Waals surface area contributed by atoms with Crippen molar-refractivity contribution in [2.75, 3.05) is 11.4 Å². The van der Waals surface area contributed by atoms with E-state index in [4.69, 9.17) is 0 Å². The van der Waals surface area contributed by atoms with E-state index in [1.165, 1.54) is 25.8 Å². The molecule has 1 aliphatic rings. The Labute approximate surface area is 204 Å². The van der Waals surface area contributed by atoms with Crippen LogP contribution in [0.3, 0.4) is 0 Å². The van der Waals surface area contributed by atoms with Crippen LogP contribution < -0.4 is 15.9 Å². The number of carbonyl (C=O) groups is 1. The molecular formula is C27H30N6O2. The number of nitrogens with zero attached hydrogens (tertiary/aromatic N) is 5. The molecule has 0 unspecified atom stereocenters. The minimum Gasteiger partial charge on any atom is -0.352 e. The highest BCUT2D eigenvalue weighted by molar-refractivity contribution is 5.76. The number of benzene rings is 2. The van der Waals surface area contributed by atoms with Crippen LogP contribution >= 0.6 is 0 Å². The van der Waals surface area contributed by atoms with Crippen LogP contribution in [-0.2, 0) is 30.7 Å². The van der Waals surface area contributed by atoms with Crippen LogP contribution in [0.5, 0.6) is 0 Å². The lowest BCUT2D eigenvalue weighted by Crippen LogP contribution is -2.38. The second-order valence-corrected chi connectivity index (χ2v) is 9.26. The summed E-state index contributed by atoms with van der Waals surface area (Å²) in [6.07, 6.45) is 2.59. The molecule has 0 saturated heterocycles. The first-order valence-corrected chi connectivity index (χ1v) is 12.1. The summed E-state index contributed by atoms with van der Waals surface area (Å²) in [5.74, 6) is 0.344. The highest BCUT2D eigenvalue weighted by atomic mass is 16.2. The van der Waals surface area contributed by atoms with E-state index in [2.05, 4.69) is 50.6 Å². The predicted molar refractivity (Wildman–Crippen MR) is 136 cm³/mol. The molecule has 1 N–H and O–H groups in total. The van der Waals surface area contributed by atoms with E-state index in [-0.39, 0.29) is 24.2 Å². The van der Waals surface area contributed by atoms with Crippen LogP contribution in [-0.4, -0.2) is 37.7 Å². The van der Waals surface area contributed by atoms with Gasteiger partial charge in [-0.25, -0.2) is 18.9 Å². The van der Waals surface area contributed by atoms with Crippen LogP contribution in [0.4, 0.5) is 5.95 Å². The lowest BCUT2D eigenvalue weighted by atomic mass is 10.0. The maximum Gasteiger partial charge on any atom is 0.353 e. The number of rotatable bonds is 7. The van der Waals surface area contributed by atoms with Crippen LogP contribution in [0.1, 0.15) is 35.7 Å². The monoisotopic (exact) mass is 470 g/mol. The number of nitrogens with one attached hydrogen (secondary N) is 1. The van der Waals surface area contributed by atoms with Crippen molar-refractivity contribution in [1.29, 1.82) is 0 Å². The third-order valence-electron chi connectivity index (χ3n) is 6.50. The standard InChI is InChI=1S/C27H30N6O2/c1-19(12-13-21-8-4-3-5-9-21)28-25(34)18-32-27(35)33-24(30-32)16-20(2)29-26(33)31-15-14-22-10-6-7-11-23(22)17-31/h3-11,16,19H,12-15,17-18H2,1-2H3,(H,28,34)/t19-/m1/s1. The Hall–Kier alpha value is -3.94. The van der Waals surface area contributed by atoms with Gasteiger partial charge < -0.3 is 10.2 Å². The highest BCUT2D eigenvalue weighted by Crippen LogP contribution is 2.23. The Morgan fingerprint density at radius 1 is 1.09 bits per heavy atom. The maximum atomic E-state index is 13.3. The quantitative estimate of drug-likeness (QED) is 0.449. The Balaban J connectivity index is 1.32. The zero-order valence-corrected chi connectivity index (χ0v) is 20.1. The van der Waals surface area contributed by atoms with Crippen molar-refractivity contribution < 1.29 is 4.79 Å². The number of aromatic nitrogens is 4. The molecule has 0 radical (unpaired) electrons. The predicted octanol–water partition coefficient (Wildman–Crippen LogP) is 2.90. The van der Waals surface area contributed by atoms with Crippen LogP contribution in [0.15, 0.2) is 65.5 Å². The van der Waals surface area contributed by atoms with Gasteiger partial charge in [0.15, 0.2) is 5.65 Å². The molecule has 8 heteroatoms. The van der Waals surface area contributed by atoms with Crippen molar-refractivity contribution in [2.45, 2.75) is 52.2 Å². The summed E-state index contributed by atoms with van der Waals surface area (Å²) in [6.45, 7) is 5.19. The van der Waals surface area contributed by atoms with E-state index in [1.54, 1.807) is 6.07 Å². The number of amides is 1. The molecule has 1 amide bonds. The molecule has 8 nitrogen and oxygen atoms in total. The third-order valence-corrected chi connectivity index (χ3v) is 6.50. The van der Waals surface area contributed by atoms with Gasteiger partial charge in [0.2, 0.25) is 11.9 Å². The molecule has 5 rings (SSSR count). The van der Waals surface area contributed by atoms with Gasteiger partial charge in [-0.15, -0.1) is 5.10 Å². The third kappa shape index (κ3) is 4.96. The normalized spacial score (nSPS) is 14.1. The second kappa shape index (κ2) is 9.74. The van der Waals surface area contributed by atoms with E-state index < -0.39 is 0 Å². The first-order chi connectivity index (χ1) is 17.0. The van der Waals surface area contributed by atoms with Gasteiger partial charge in [-0.1, -0.05) is 54.6 Å². The van der Waals surface area contributed by atoms with E-state index in [9.17, 15) is 9.59 Å². The van der Waals surface area contributed by atoms with E-state index >= 15 is 0 Å². The zero-order valence-electron chi connectivity index (χ0n) is 20.1. The van der Waals surface area contributed by atoms with E-state index in [0.717, 1.165) is 31.5 Å². The first-order valence-electron chi connectivity index (χ1n) is 12.1. The molecule has 35 heavy (non-hydrogen) atoms. The number of anilines is 1. The Kier molecular flexibility index (Phi) is 6.35. The maximum absolute atomic E-state index is 13.3. The smallest absolute Gasteiger partial charge is 0.352 e. The fourth-order valence-corrected chi connectivity index (χ4v) is 4.67. The van der Waals surface area contributed by atoms with E-state index in [1.807, 2.05) is 38.1 Å². The molecule has 2 aromatic heterocycles. The number of hydrogen-bond acceptors (Lipinski definition) is 5. The van der Waals surface area contributed by atoms with Crippen LogP contribution in [0.25, 0.3) is 5.65 Å². The summed E-state index contributed by atoms with van der Waals surface area (Å²) < 4.78 is 2.75. The average Bonchev–Trinajstić information content (AvgIpc) is 3.16. The van der Waals surface area contributed by atoms with Crippen molar-refractivity contribution in [3.63, 3.8) is 0 Å². The molecule has 0 saturated carbocycles. The molecule has 0 bridgehead atoms. The molecular weight excluding hydrogens is 440 g/mol. The Morgan fingerprint density at radius 3 is 2.63 bits per heavy atom. The fourth-order valence-electron chi connectivity index (χ4n) is 4.67. The lowest BCUT2D eigenvalue weighted by Gasteiger charge is -2.29. The Morgan fingerprint density at radius 2 is 1.83 bits per heavy atom. The summed E-state index contributed by atoms with van der Waals surface area (Å²) in [5, 5.41) is 7.45. The molecule has 180 valence electrons. The summed E-state index contributed by atoms with van der Waals surface area (Å²) in [7, 11) is 0. The minimum atomic E-state index is -0.353. The van der Waals surface area contributed by atoms with Crippen molar-refractivity contribution >= 4 is 17.5 Å². The van der Waals surface area contributed by atoms with Crippen molar-refractivity contribution in [3.8, 4) is 0 Å². The number of fused-ring (bicyclic) bond motifs is 2. The average molecular weight is 471 g/mol. The van der Waals surface area contributed by atoms with Crippen LogP contribution in [0.2, 0.25) is 0 Å². The molecule has 0 aliphatic carbocycles. The van der Waals surface area contributed by atoms with Gasteiger partial charge in [-0.3, -0.25) is 4.79 Å². The SMILES string of the molecule is Cc1cc2nn(CC(=O)N[C@H](C)CCc3ccccc3)c(=O)n2c(N2CCc3ccccc3C2)n1. The van der Waals surface area contributed by atoms with Gasteiger partial charge in [0.05, 0.1) is 0 Å². The first kappa shape index (κ1) is 22.8. The van der Waals surface area contributed by atoms with Gasteiger partial charge in [0.25, 0.3) is 0 Å². The highest BCUT2D eigenvalue weighted by Gasteiger charge is 2.23. The van der Waals surface area contributed by atoms with Crippen molar-refractivity contribution in [3.05, 3.63) is 93.5 Å². The molecule has 0 spiro atoms. The molecule has 3 heterocycles. The number of hydrogen-bond donors (Lipinski definition) is 1. The van der Waals surface area contributed by atoms with Crippen molar-refractivity contribution in [1.82, 2.24) is 24.5 Å². The molecule has 1 aliphatic heterocycles. The summed E-state index contributed by atoms with van der Waals surface area (Å²) in [4.78, 5) is 32.8. The summed E-state index contributed by atoms with van der Waals surface area (Å²) >= 11 is 0. The van der Waals surface area contributed by atoms with Gasteiger partial charge in [0.1, 0.15) is 6.54 Å². The van der Waals surface area contributed by atoms with Gasteiger partial charge >= 0.3 is 5.69 Å². The van der Waals surface area contributed by atoms with Crippen LogP contribution in [0, 0.1) is 6.92 Å².